The predicted molar refractivity (Wildman–Crippen MR) is 127 cm³/mol. The van der Waals surface area contributed by atoms with Gasteiger partial charge >= 0.3 is 0 Å². The fourth-order valence-electron chi connectivity index (χ4n) is 4.60. The van der Waals surface area contributed by atoms with Gasteiger partial charge in [-0.15, -0.1) is 0 Å². The summed E-state index contributed by atoms with van der Waals surface area (Å²) in [5, 5.41) is 12.9. The third-order valence-corrected chi connectivity index (χ3v) is 6.53. The molecule has 2 fully saturated rings. The molecular weight excluding hydrogens is 400 g/mol. The standard InChI is InChI=1S/C26H32N4O2/c1-20-7-12-25(21(17-20)18-27)28-22-8-10-24(11-9-22)32-19-26(31)30-15-13-29(14-16-30)23-5-3-2-4-6-23/h2-7,12,17,22,24,28H,8-11,13-16,19H2,1H3. The number of carbonyl (C=O) groups excluding carboxylic acids is 1. The van der Waals surface area contributed by atoms with Crippen LogP contribution in [0.4, 0.5) is 11.4 Å². The molecule has 1 saturated carbocycles. The van der Waals surface area contributed by atoms with Crippen LogP contribution in [0.2, 0.25) is 0 Å². The van der Waals surface area contributed by atoms with E-state index in [1.165, 1.54) is 5.69 Å². The first-order chi connectivity index (χ1) is 15.6. The summed E-state index contributed by atoms with van der Waals surface area (Å²) in [6, 6.07) is 18.9. The van der Waals surface area contributed by atoms with Crippen LogP contribution in [0, 0.1) is 18.3 Å². The number of rotatable bonds is 6. The number of nitrogens with zero attached hydrogens (tertiary/aromatic N) is 3. The van der Waals surface area contributed by atoms with E-state index in [1.54, 1.807) is 0 Å². The molecule has 0 bridgehead atoms. The molecule has 2 aromatic carbocycles. The second-order valence-electron chi connectivity index (χ2n) is 8.79. The lowest BCUT2D eigenvalue weighted by Gasteiger charge is -2.36. The Morgan fingerprint density at radius 2 is 1.78 bits per heavy atom. The topological polar surface area (TPSA) is 68.6 Å². The summed E-state index contributed by atoms with van der Waals surface area (Å²) >= 11 is 0. The highest BCUT2D eigenvalue weighted by Crippen LogP contribution is 2.26. The van der Waals surface area contributed by atoms with Gasteiger partial charge in [0.05, 0.1) is 17.4 Å². The van der Waals surface area contributed by atoms with E-state index in [0.717, 1.165) is 63.1 Å². The zero-order valence-electron chi connectivity index (χ0n) is 18.8. The fraction of sp³-hybridized carbons (Fsp3) is 0.462. The number of piperazine rings is 1. The SMILES string of the molecule is Cc1ccc(NC2CCC(OCC(=O)N3CCN(c4ccccc4)CC3)CC2)c(C#N)c1. The molecule has 4 rings (SSSR count). The Labute approximate surface area is 190 Å². The lowest BCUT2D eigenvalue weighted by Crippen LogP contribution is -2.50. The summed E-state index contributed by atoms with van der Waals surface area (Å²) in [6.07, 6.45) is 3.96. The number of hydrogen-bond donors (Lipinski definition) is 1. The van der Waals surface area contributed by atoms with E-state index >= 15 is 0 Å². The van der Waals surface area contributed by atoms with Gasteiger partial charge in [-0.1, -0.05) is 24.3 Å². The molecule has 1 saturated heterocycles. The zero-order valence-corrected chi connectivity index (χ0v) is 18.8. The van der Waals surface area contributed by atoms with E-state index in [1.807, 2.05) is 48.2 Å². The molecular formula is C26H32N4O2. The molecule has 1 N–H and O–H groups in total. The van der Waals surface area contributed by atoms with E-state index in [-0.39, 0.29) is 18.6 Å². The molecule has 168 valence electrons. The van der Waals surface area contributed by atoms with Crippen LogP contribution in [0.3, 0.4) is 0 Å². The molecule has 1 heterocycles. The first-order valence-electron chi connectivity index (χ1n) is 11.6. The number of para-hydroxylation sites is 1. The Hall–Kier alpha value is -3.04. The van der Waals surface area contributed by atoms with Crippen molar-refractivity contribution >= 4 is 17.3 Å². The van der Waals surface area contributed by atoms with Crippen molar-refractivity contribution in [1.82, 2.24) is 4.90 Å². The fourth-order valence-corrected chi connectivity index (χ4v) is 4.60. The van der Waals surface area contributed by atoms with E-state index in [0.29, 0.717) is 11.6 Å². The maximum Gasteiger partial charge on any atom is 0.248 e. The summed E-state index contributed by atoms with van der Waals surface area (Å²) in [6.45, 7) is 5.37. The molecule has 1 aliphatic heterocycles. The van der Waals surface area contributed by atoms with Crippen LogP contribution in [0.15, 0.2) is 48.5 Å². The number of hydrogen-bond acceptors (Lipinski definition) is 5. The molecule has 0 atom stereocenters. The average molecular weight is 433 g/mol. The Morgan fingerprint density at radius 1 is 1.06 bits per heavy atom. The van der Waals surface area contributed by atoms with Crippen molar-refractivity contribution in [1.29, 1.82) is 5.26 Å². The Kier molecular flexibility index (Phi) is 7.28. The van der Waals surface area contributed by atoms with Crippen molar-refractivity contribution in [3.63, 3.8) is 0 Å². The van der Waals surface area contributed by atoms with Gasteiger partial charge in [0, 0.05) is 37.9 Å². The van der Waals surface area contributed by atoms with Gasteiger partial charge in [0.25, 0.3) is 0 Å². The molecule has 0 spiro atoms. The minimum atomic E-state index is 0.0938. The van der Waals surface area contributed by atoms with Crippen LogP contribution in [0.25, 0.3) is 0 Å². The number of carbonyl (C=O) groups is 1. The van der Waals surface area contributed by atoms with Gasteiger partial charge in [-0.25, -0.2) is 0 Å². The molecule has 0 unspecified atom stereocenters. The second-order valence-corrected chi connectivity index (χ2v) is 8.79. The minimum absolute atomic E-state index is 0.0938. The van der Waals surface area contributed by atoms with E-state index in [2.05, 4.69) is 28.4 Å². The number of ether oxygens (including phenoxy) is 1. The molecule has 2 aromatic rings. The lowest BCUT2D eigenvalue weighted by molar-refractivity contribution is -0.139. The number of nitrogens with one attached hydrogen (secondary N) is 1. The monoisotopic (exact) mass is 432 g/mol. The highest BCUT2D eigenvalue weighted by Gasteiger charge is 2.25. The minimum Gasteiger partial charge on any atom is -0.381 e. The Balaban J connectivity index is 1.17. The van der Waals surface area contributed by atoms with E-state index in [4.69, 9.17) is 4.74 Å². The molecule has 32 heavy (non-hydrogen) atoms. The summed E-state index contributed by atoms with van der Waals surface area (Å²) in [4.78, 5) is 16.9. The number of benzene rings is 2. The highest BCUT2D eigenvalue weighted by atomic mass is 16.5. The van der Waals surface area contributed by atoms with Gasteiger partial charge in [-0.3, -0.25) is 4.79 Å². The average Bonchev–Trinajstić information content (AvgIpc) is 2.85. The number of amides is 1. The maximum atomic E-state index is 12.6. The number of anilines is 2. The van der Waals surface area contributed by atoms with Crippen molar-refractivity contribution in [2.24, 2.45) is 0 Å². The molecule has 1 amide bonds. The van der Waals surface area contributed by atoms with Gasteiger partial charge in [0.2, 0.25) is 5.91 Å². The summed E-state index contributed by atoms with van der Waals surface area (Å²) in [5.74, 6) is 0.0938. The molecule has 6 heteroatoms. The van der Waals surface area contributed by atoms with Crippen LogP contribution in [-0.4, -0.2) is 55.7 Å². The first kappa shape index (κ1) is 22.2. The van der Waals surface area contributed by atoms with Crippen LogP contribution >= 0.6 is 0 Å². The third-order valence-electron chi connectivity index (χ3n) is 6.53. The van der Waals surface area contributed by atoms with Crippen molar-refractivity contribution in [3.05, 3.63) is 59.7 Å². The molecule has 2 aliphatic rings. The Morgan fingerprint density at radius 3 is 2.47 bits per heavy atom. The largest absolute Gasteiger partial charge is 0.381 e. The van der Waals surface area contributed by atoms with E-state index in [9.17, 15) is 10.1 Å². The number of nitriles is 1. The summed E-state index contributed by atoms with van der Waals surface area (Å²) < 4.78 is 5.98. The lowest BCUT2D eigenvalue weighted by atomic mass is 9.92. The zero-order chi connectivity index (χ0) is 22.3. The van der Waals surface area contributed by atoms with Crippen LogP contribution < -0.4 is 10.2 Å². The normalized spacial score (nSPS) is 21.1. The van der Waals surface area contributed by atoms with Crippen LogP contribution in [0.5, 0.6) is 0 Å². The first-order valence-corrected chi connectivity index (χ1v) is 11.6. The highest BCUT2D eigenvalue weighted by molar-refractivity contribution is 5.77. The van der Waals surface area contributed by atoms with Gasteiger partial charge < -0.3 is 19.9 Å². The number of aryl methyl sites for hydroxylation is 1. The van der Waals surface area contributed by atoms with Gasteiger partial charge in [-0.05, 0) is 62.4 Å². The summed E-state index contributed by atoms with van der Waals surface area (Å²) in [7, 11) is 0. The maximum absolute atomic E-state index is 12.6. The second kappa shape index (κ2) is 10.5. The quantitative estimate of drug-likeness (QED) is 0.748. The van der Waals surface area contributed by atoms with Crippen molar-refractivity contribution < 1.29 is 9.53 Å². The summed E-state index contributed by atoms with van der Waals surface area (Å²) in [5.41, 5.74) is 3.91. The van der Waals surface area contributed by atoms with Gasteiger partial charge in [0.1, 0.15) is 12.7 Å². The third kappa shape index (κ3) is 5.60. The van der Waals surface area contributed by atoms with Crippen molar-refractivity contribution in [2.45, 2.75) is 44.8 Å². The van der Waals surface area contributed by atoms with Crippen molar-refractivity contribution in [2.75, 3.05) is 43.0 Å². The van der Waals surface area contributed by atoms with Crippen molar-refractivity contribution in [3.8, 4) is 6.07 Å². The van der Waals surface area contributed by atoms with Crippen LogP contribution in [-0.2, 0) is 9.53 Å². The predicted octanol–water partition coefficient (Wildman–Crippen LogP) is 3.96. The Bertz CT molecular complexity index is 940. The van der Waals surface area contributed by atoms with Gasteiger partial charge in [-0.2, -0.15) is 5.26 Å². The smallest absolute Gasteiger partial charge is 0.248 e. The molecule has 6 nitrogen and oxygen atoms in total. The molecule has 0 aromatic heterocycles. The van der Waals surface area contributed by atoms with Crippen LogP contribution in [0.1, 0.15) is 36.8 Å². The van der Waals surface area contributed by atoms with E-state index < -0.39 is 0 Å². The van der Waals surface area contributed by atoms with Gasteiger partial charge in [0.15, 0.2) is 0 Å². The molecule has 0 radical (unpaired) electrons. The molecule has 1 aliphatic carbocycles.